The summed E-state index contributed by atoms with van der Waals surface area (Å²) in [4.78, 5) is 57.5. The Bertz CT molecular complexity index is 1500. The number of aromatic nitrogens is 1. The number of nitrogens with zero attached hydrogens (tertiary/aromatic N) is 2. The molecule has 1 aromatic heterocycles. The zero-order chi connectivity index (χ0) is 27.3. The highest BCUT2D eigenvalue weighted by Crippen LogP contribution is 2.54. The molecule has 6 rings (SSSR count). The summed E-state index contributed by atoms with van der Waals surface area (Å²) in [6.07, 6.45) is 4.85. The molecule has 1 aliphatic carbocycles. The molecule has 1 saturated carbocycles. The molecular formula is C30H27FN4O4. The summed E-state index contributed by atoms with van der Waals surface area (Å²) in [7, 11) is 0. The number of carbonyl (C=O) groups is 4. The van der Waals surface area contributed by atoms with Gasteiger partial charge in [0.2, 0.25) is 17.7 Å². The normalized spacial score (nSPS) is 21.8. The van der Waals surface area contributed by atoms with Crippen LogP contribution in [0.3, 0.4) is 0 Å². The van der Waals surface area contributed by atoms with Gasteiger partial charge < -0.3 is 10.6 Å². The van der Waals surface area contributed by atoms with Gasteiger partial charge in [-0.3, -0.25) is 29.5 Å². The Morgan fingerprint density at radius 3 is 2.46 bits per heavy atom. The minimum atomic E-state index is -0.856. The van der Waals surface area contributed by atoms with E-state index in [1.54, 1.807) is 35.4 Å². The Hall–Kier alpha value is -4.40. The molecule has 2 aromatic carbocycles. The zero-order valence-electron chi connectivity index (χ0n) is 21.1. The highest BCUT2D eigenvalue weighted by atomic mass is 19.1. The average molecular weight is 527 g/mol. The van der Waals surface area contributed by atoms with Gasteiger partial charge in [0.25, 0.3) is 5.91 Å². The van der Waals surface area contributed by atoms with Crippen molar-refractivity contribution in [1.82, 2.24) is 15.2 Å². The molecule has 3 aromatic rings. The lowest BCUT2D eigenvalue weighted by Gasteiger charge is -2.43. The Labute approximate surface area is 224 Å². The number of halogens is 1. The fourth-order valence-corrected chi connectivity index (χ4v) is 6.21. The molecule has 3 aliphatic rings. The number of carbonyl (C=O) groups excluding carboxylic acids is 4. The second kappa shape index (κ2) is 9.72. The number of fused-ring (bicyclic) bond motifs is 1. The predicted octanol–water partition coefficient (Wildman–Crippen LogP) is 3.87. The molecule has 4 amide bonds. The fraction of sp³-hybridized carbons (Fsp3) is 0.300. The van der Waals surface area contributed by atoms with Crippen LogP contribution in [0.1, 0.15) is 76.0 Å². The summed E-state index contributed by atoms with van der Waals surface area (Å²) < 4.78 is 13.8. The van der Waals surface area contributed by atoms with Gasteiger partial charge in [0.15, 0.2) is 0 Å². The quantitative estimate of drug-likeness (QED) is 0.472. The first-order valence-corrected chi connectivity index (χ1v) is 13.1. The lowest BCUT2D eigenvalue weighted by molar-refractivity contribution is -0.137. The predicted molar refractivity (Wildman–Crippen MR) is 140 cm³/mol. The zero-order valence-corrected chi connectivity index (χ0v) is 21.1. The summed E-state index contributed by atoms with van der Waals surface area (Å²) in [5.74, 6) is -2.35. The minimum Gasteiger partial charge on any atom is -0.366 e. The van der Waals surface area contributed by atoms with Gasteiger partial charge in [-0.25, -0.2) is 4.39 Å². The molecule has 1 saturated heterocycles. The number of nitrogens with one attached hydrogen (secondary N) is 1. The van der Waals surface area contributed by atoms with E-state index >= 15 is 0 Å². The Morgan fingerprint density at radius 2 is 1.79 bits per heavy atom. The van der Waals surface area contributed by atoms with E-state index < -0.39 is 23.9 Å². The van der Waals surface area contributed by atoms with Gasteiger partial charge in [0, 0.05) is 35.2 Å². The first kappa shape index (κ1) is 24.9. The van der Waals surface area contributed by atoms with Crippen molar-refractivity contribution in [2.24, 2.45) is 11.7 Å². The summed E-state index contributed by atoms with van der Waals surface area (Å²) >= 11 is 0. The summed E-state index contributed by atoms with van der Waals surface area (Å²) in [6, 6.07) is 13.2. The third kappa shape index (κ3) is 4.27. The van der Waals surface area contributed by atoms with E-state index in [4.69, 9.17) is 10.7 Å². The number of pyridine rings is 1. The largest absolute Gasteiger partial charge is 0.366 e. The van der Waals surface area contributed by atoms with Gasteiger partial charge in [0.05, 0.1) is 11.7 Å². The maximum absolute atomic E-state index is 14.0. The maximum atomic E-state index is 14.0. The molecule has 0 spiro atoms. The summed E-state index contributed by atoms with van der Waals surface area (Å²) in [5, 5.41) is 2.39. The van der Waals surface area contributed by atoms with Gasteiger partial charge in [-0.05, 0) is 72.7 Å². The lowest BCUT2D eigenvalue weighted by Crippen LogP contribution is -2.54. The molecule has 9 heteroatoms. The Morgan fingerprint density at radius 1 is 1.03 bits per heavy atom. The molecule has 2 unspecified atom stereocenters. The molecule has 0 bridgehead atoms. The highest BCUT2D eigenvalue weighted by molar-refractivity contribution is 6.06. The Kier molecular flexibility index (Phi) is 6.21. The number of primary amides is 1. The second-order valence-electron chi connectivity index (χ2n) is 10.5. The van der Waals surface area contributed by atoms with Crippen LogP contribution in [0.5, 0.6) is 0 Å². The lowest BCUT2D eigenvalue weighted by atomic mass is 9.68. The second-order valence-corrected chi connectivity index (χ2v) is 10.5. The van der Waals surface area contributed by atoms with E-state index in [0.29, 0.717) is 11.1 Å². The minimum absolute atomic E-state index is 0.119. The average Bonchev–Trinajstić information content (AvgIpc) is 3.17. The number of amides is 4. The Balaban J connectivity index is 1.55. The van der Waals surface area contributed by atoms with E-state index in [0.717, 1.165) is 36.1 Å². The van der Waals surface area contributed by atoms with Crippen LogP contribution in [0.15, 0.2) is 60.8 Å². The van der Waals surface area contributed by atoms with Crippen molar-refractivity contribution < 1.29 is 23.6 Å². The van der Waals surface area contributed by atoms with Gasteiger partial charge >= 0.3 is 0 Å². The van der Waals surface area contributed by atoms with Crippen LogP contribution in [0.4, 0.5) is 4.39 Å². The van der Waals surface area contributed by atoms with Gasteiger partial charge in [-0.1, -0.05) is 24.6 Å². The standard InChI is InChI=1S/C30H27FN4O4/c31-19-9-6-16(7-10-19)20-5-2-14-33-26(20)25(17-3-1-4-17)27-22-15-18(28(32)37)8-11-21(22)30(39)35(27)23-12-13-24(36)34-29(23)38/h2,5-11,14-15,17,23,25,27H,1,3-4,12-13H2,(H2,32,37)(H,34,36,38)/t23?,25-,27?/m1/s1. The molecule has 8 nitrogen and oxygen atoms in total. The van der Waals surface area contributed by atoms with Crippen LogP contribution in [0, 0.1) is 11.7 Å². The fourth-order valence-electron chi connectivity index (χ4n) is 6.21. The molecule has 0 radical (unpaired) electrons. The molecule has 198 valence electrons. The molecule has 3 atom stereocenters. The van der Waals surface area contributed by atoms with Crippen LogP contribution in [-0.4, -0.2) is 39.6 Å². The molecule has 2 aliphatic heterocycles. The van der Waals surface area contributed by atoms with Gasteiger partial charge in [-0.2, -0.15) is 0 Å². The van der Waals surface area contributed by atoms with Crippen molar-refractivity contribution in [2.75, 3.05) is 0 Å². The smallest absolute Gasteiger partial charge is 0.255 e. The number of rotatable bonds is 6. The van der Waals surface area contributed by atoms with Crippen molar-refractivity contribution in [2.45, 2.75) is 50.1 Å². The van der Waals surface area contributed by atoms with Crippen molar-refractivity contribution in [3.8, 4) is 11.1 Å². The number of hydrogen-bond donors (Lipinski definition) is 2. The van der Waals surface area contributed by atoms with Crippen LogP contribution in [-0.2, 0) is 9.59 Å². The van der Waals surface area contributed by atoms with E-state index in [1.165, 1.54) is 18.2 Å². The number of nitrogens with two attached hydrogens (primary N) is 1. The highest BCUT2D eigenvalue weighted by Gasteiger charge is 2.51. The molecule has 39 heavy (non-hydrogen) atoms. The molecular weight excluding hydrogens is 499 g/mol. The van der Waals surface area contributed by atoms with Gasteiger partial charge in [-0.15, -0.1) is 0 Å². The van der Waals surface area contributed by atoms with Gasteiger partial charge in [0.1, 0.15) is 11.9 Å². The summed E-state index contributed by atoms with van der Waals surface area (Å²) in [5.41, 5.74) is 9.24. The van der Waals surface area contributed by atoms with Crippen LogP contribution >= 0.6 is 0 Å². The molecule has 2 fully saturated rings. The van der Waals surface area contributed by atoms with E-state index in [9.17, 15) is 23.6 Å². The topological polar surface area (TPSA) is 122 Å². The number of hydrogen-bond acceptors (Lipinski definition) is 5. The third-order valence-corrected chi connectivity index (χ3v) is 8.27. The number of benzene rings is 2. The molecule has 3 N–H and O–H groups in total. The molecule has 3 heterocycles. The van der Waals surface area contributed by atoms with E-state index in [2.05, 4.69) is 5.32 Å². The number of piperidine rings is 1. The number of imide groups is 1. The van der Waals surface area contributed by atoms with Crippen LogP contribution < -0.4 is 11.1 Å². The van der Waals surface area contributed by atoms with Crippen LogP contribution in [0.2, 0.25) is 0 Å². The van der Waals surface area contributed by atoms with Crippen molar-refractivity contribution in [1.29, 1.82) is 0 Å². The first-order valence-electron chi connectivity index (χ1n) is 13.1. The van der Waals surface area contributed by atoms with Crippen molar-refractivity contribution >= 4 is 23.6 Å². The van der Waals surface area contributed by atoms with Crippen molar-refractivity contribution in [3.63, 3.8) is 0 Å². The first-order chi connectivity index (χ1) is 18.8. The summed E-state index contributed by atoms with van der Waals surface area (Å²) in [6.45, 7) is 0. The van der Waals surface area contributed by atoms with Crippen LogP contribution in [0.25, 0.3) is 11.1 Å². The van der Waals surface area contributed by atoms with Crippen molar-refractivity contribution in [3.05, 3.63) is 89.0 Å². The third-order valence-electron chi connectivity index (χ3n) is 8.27. The van der Waals surface area contributed by atoms with E-state index in [1.807, 2.05) is 12.1 Å². The van der Waals surface area contributed by atoms with E-state index in [-0.39, 0.29) is 47.9 Å². The maximum Gasteiger partial charge on any atom is 0.255 e. The SMILES string of the molecule is NC(=O)c1ccc2c(c1)C([C@@H](c1ncccc1-c1ccc(F)cc1)C1CCC1)N(C1CCC(=O)NC1=O)C2=O. The monoisotopic (exact) mass is 526 g/mol.